The fourth-order valence-corrected chi connectivity index (χ4v) is 6.64. The molecule has 0 saturated carbocycles. The summed E-state index contributed by atoms with van der Waals surface area (Å²) in [4.78, 5) is 10.4. The fourth-order valence-electron chi connectivity index (χ4n) is 6.64. The number of hydrogen-bond acceptors (Lipinski definition) is 4. The second-order valence-corrected chi connectivity index (χ2v) is 11.8. The Bertz CT molecular complexity index is 2480. The van der Waals surface area contributed by atoms with Gasteiger partial charge in [0.25, 0.3) is 0 Å². The Morgan fingerprint density at radius 3 is 1.94 bits per heavy atom. The molecule has 47 heavy (non-hydrogen) atoms. The van der Waals surface area contributed by atoms with Gasteiger partial charge in [0.2, 0.25) is 0 Å². The molecule has 1 aliphatic heterocycles. The van der Waals surface area contributed by atoms with E-state index in [4.69, 9.17) is 14.4 Å². The normalized spacial score (nSPS) is 14.6. The summed E-state index contributed by atoms with van der Waals surface area (Å²) in [6, 6.07) is 56.8. The lowest BCUT2D eigenvalue weighted by molar-refractivity contribution is 0.670. The van der Waals surface area contributed by atoms with E-state index < -0.39 is 0 Å². The highest BCUT2D eigenvalue weighted by molar-refractivity contribution is 6.24. The third kappa shape index (κ3) is 4.79. The molecular weight excluding hydrogens is 574 g/mol. The van der Waals surface area contributed by atoms with Gasteiger partial charge in [0.05, 0.1) is 0 Å². The summed E-state index contributed by atoms with van der Waals surface area (Å²) in [5, 5.41) is 8.04. The Labute approximate surface area is 272 Å². The largest absolute Gasteiger partial charge is 0.455 e. The van der Waals surface area contributed by atoms with Crippen LogP contribution in [0.3, 0.4) is 0 Å². The zero-order valence-electron chi connectivity index (χ0n) is 25.5. The van der Waals surface area contributed by atoms with Crippen LogP contribution in [0.2, 0.25) is 0 Å². The molecule has 1 atom stereocenters. The minimum atomic E-state index is -0.297. The maximum absolute atomic E-state index is 6.97. The maximum Gasteiger partial charge on any atom is 0.160 e. The summed E-state index contributed by atoms with van der Waals surface area (Å²) < 4.78 is 6.97. The predicted molar refractivity (Wildman–Crippen MR) is 194 cm³/mol. The van der Waals surface area contributed by atoms with Crippen LogP contribution in [0.5, 0.6) is 0 Å². The van der Waals surface area contributed by atoms with Gasteiger partial charge in [0, 0.05) is 33.0 Å². The number of nitrogens with zero attached hydrogens (tertiary/aromatic N) is 2. The topological polar surface area (TPSA) is 49.9 Å². The third-order valence-electron chi connectivity index (χ3n) is 8.94. The molecule has 222 valence electrons. The van der Waals surface area contributed by atoms with Crippen molar-refractivity contribution < 1.29 is 4.42 Å². The summed E-state index contributed by atoms with van der Waals surface area (Å²) in [6.07, 6.45) is -0.297. The van der Waals surface area contributed by atoms with Gasteiger partial charge in [-0.2, -0.15) is 0 Å². The molecule has 4 nitrogen and oxygen atoms in total. The summed E-state index contributed by atoms with van der Waals surface area (Å²) in [5.74, 6) is 1.45. The van der Waals surface area contributed by atoms with Gasteiger partial charge in [-0.25, -0.2) is 9.98 Å². The van der Waals surface area contributed by atoms with E-state index in [2.05, 4.69) is 127 Å². The SMILES string of the molecule is c1ccc(C2=NC(c3ccc(-c4ccccc4)c4oc5c(-c6ccc7ccccc7c6)cccc5c34)=NC(c3ccccc3)N2)cc1. The van der Waals surface area contributed by atoms with Crippen molar-refractivity contribution in [1.29, 1.82) is 0 Å². The molecule has 0 bridgehead atoms. The number of furan rings is 1. The van der Waals surface area contributed by atoms with Crippen molar-refractivity contribution in [3.8, 4) is 22.3 Å². The zero-order chi connectivity index (χ0) is 31.2. The molecule has 0 saturated heterocycles. The van der Waals surface area contributed by atoms with E-state index in [1.807, 2.05) is 42.5 Å². The first-order valence-corrected chi connectivity index (χ1v) is 15.9. The van der Waals surface area contributed by atoms with Crippen LogP contribution in [0.1, 0.15) is 22.9 Å². The molecule has 9 rings (SSSR count). The molecule has 0 fully saturated rings. The van der Waals surface area contributed by atoms with Gasteiger partial charge in [-0.05, 0) is 45.7 Å². The summed E-state index contributed by atoms with van der Waals surface area (Å²) in [6.45, 7) is 0. The van der Waals surface area contributed by atoms with Crippen LogP contribution < -0.4 is 5.32 Å². The Morgan fingerprint density at radius 2 is 1.15 bits per heavy atom. The zero-order valence-corrected chi connectivity index (χ0v) is 25.5. The van der Waals surface area contributed by atoms with Gasteiger partial charge in [-0.1, -0.05) is 146 Å². The summed E-state index contributed by atoms with van der Waals surface area (Å²) >= 11 is 0. The number of nitrogens with one attached hydrogen (secondary N) is 1. The average Bonchev–Trinajstić information content (AvgIpc) is 3.55. The Hall–Kier alpha value is -6.26. The Kier molecular flexibility index (Phi) is 6.50. The van der Waals surface area contributed by atoms with Crippen molar-refractivity contribution in [2.45, 2.75) is 6.17 Å². The van der Waals surface area contributed by atoms with E-state index in [-0.39, 0.29) is 6.17 Å². The fraction of sp³-hybridized carbons (Fsp3) is 0.0233. The van der Waals surface area contributed by atoms with E-state index in [1.165, 1.54) is 10.8 Å². The molecule has 1 unspecified atom stereocenters. The second kappa shape index (κ2) is 11.3. The number of aliphatic imine (C=N–C) groups is 2. The molecule has 0 spiro atoms. The lowest BCUT2D eigenvalue weighted by Crippen LogP contribution is -2.33. The van der Waals surface area contributed by atoms with E-state index >= 15 is 0 Å². The van der Waals surface area contributed by atoms with Gasteiger partial charge in [-0.15, -0.1) is 0 Å². The predicted octanol–water partition coefficient (Wildman–Crippen LogP) is 10.6. The lowest BCUT2D eigenvalue weighted by Gasteiger charge is -2.24. The average molecular weight is 604 g/mol. The molecule has 2 heterocycles. The minimum Gasteiger partial charge on any atom is -0.455 e. The van der Waals surface area contributed by atoms with Gasteiger partial charge in [-0.3, -0.25) is 0 Å². The molecule has 7 aromatic carbocycles. The van der Waals surface area contributed by atoms with E-state index in [1.54, 1.807) is 0 Å². The maximum atomic E-state index is 6.97. The first-order valence-electron chi connectivity index (χ1n) is 15.9. The number of rotatable bonds is 5. The molecule has 4 heteroatoms. The highest BCUT2D eigenvalue weighted by Gasteiger charge is 2.25. The van der Waals surface area contributed by atoms with Crippen molar-refractivity contribution in [1.82, 2.24) is 5.32 Å². The summed E-state index contributed by atoms with van der Waals surface area (Å²) in [5.41, 5.74) is 8.99. The molecule has 0 amide bonds. The number of amidine groups is 2. The number of fused-ring (bicyclic) bond motifs is 4. The van der Waals surface area contributed by atoms with E-state index in [0.717, 1.165) is 66.7 Å². The third-order valence-corrected chi connectivity index (χ3v) is 8.94. The minimum absolute atomic E-state index is 0.297. The molecule has 1 aromatic heterocycles. The highest BCUT2D eigenvalue weighted by atomic mass is 16.3. The summed E-state index contributed by atoms with van der Waals surface area (Å²) in [7, 11) is 0. The highest BCUT2D eigenvalue weighted by Crippen LogP contribution is 2.42. The van der Waals surface area contributed by atoms with E-state index in [9.17, 15) is 0 Å². The van der Waals surface area contributed by atoms with Gasteiger partial charge in [0.15, 0.2) is 5.84 Å². The van der Waals surface area contributed by atoms with Crippen LogP contribution in [0.25, 0.3) is 55.0 Å². The lowest BCUT2D eigenvalue weighted by atomic mass is 9.96. The van der Waals surface area contributed by atoms with Crippen LogP contribution in [0, 0.1) is 0 Å². The first-order chi connectivity index (χ1) is 23.3. The van der Waals surface area contributed by atoms with Crippen LogP contribution in [-0.4, -0.2) is 11.7 Å². The van der Waals surface area contributed by atoms with Crippen LogP contribution in [0.4, 0.5) is 0 Å². The second-order valence-electron chi connectivity index (χ2n) is 11.8. The molecule has 0 radical (unpaired) electrons. The van der Waals surface area contributed by atoms with Gasteiger partial charge in [0.1, 0.15) is 23.2 Å². The van der Waals surface area contributed by atoms with Gasteiger partial charge < -0.3 is 9.73 Å². The van der Waals surface area contributed by atoms with Crippen LogP contribution in [-0.2, 0) is 0 Å². The smallest absolute Gasteiger partial charge is 0.160 e. The molecule has 0 aliphatic carbocycles. The first kappa shape index (κ1) is 27.1. The molecule has 8 aromatic rings. The van der Waals surface area contributed by atoms with Crippen molar-refractivity contribution in [3.05, 3.63) is 180 Å². The standard InChI is InChI=1S/C43H29N3O/c1-4-14-29(15-5-1)35-25-26-37(43-45-41(30-16-6-2-7-17-30)44-42(46-43)31-18-8-3-9-19-31)38-36-22-12-21-34(39(36)47-40(35)38)33-24-23-28-13-10-11-20-32(28)27-33/h1-27,41H,(H,44,45,46). The Morgan fingerprint density at radius 1 is 0.489 bits per heavy atom. The van der Waals surface area contributed by atoms with Crippen molar-refractivity contribution >= 4 is 44.4 Å². The van der Waals surface area contributed by atoms with Gasteiger partial charge >= 0.3 is 0 Å². The molecular formula is C43H29N3O. The Balaban J connectivity index is 1.31. The van der Waals surface area contributed by atoms with Crippen molar-refractivity contribution in [2.24, 2.45) is 9.98 Å². The van der Waals surface area contributed by atoms with Crippen molar-refractivity contribution in [2.75, 3.05) is 0 Å². The van der Waals surface area contributed by atoms with Crippen LogP contribution in [0.15, 0.2) is 178 Å². The monoisotopic (exact) mass is 603 g/mol. The number of para-hydroxylation sites is 1. The molecule has 1 N–H and O–H groups in total. The number of benzene rings is 7. The van der Waals surface area contributed by atoms with E-state index in [0.29, 0.717) is 5.84 Å². The van der Waals surface area contributed by atoms with Crippen molar-refractivity contribution in [3.63, 3.8) is 0 Å². The number of hydrogen-bond donors (Lipinski definition) is 1. The quantitative estimate of drug-likeness (QED) is 0.213. The molecule has 1 aliphatic rings. The van der Waals surface area contributed by atoms with Crippen LogP contribution >= 0.6 is 0 Å².